The van der Waals surface area contributed by atoms with Gasteiger partial charge in [0.1, 0.15) is 5.75 Å². The molecule has 0 saturated heterocycles. The second kappa shape index (κ2) is 11.4. The van der Waals surface area contributed by atoms with Crippen LogP contribution >= 0.6 is 24.4 Å². The summed E-state index contributed by atoms with van der Waals surface area (Å²) in [6, 6.07) is 3.89. The average Bonchev–Trinajstić information content (AvgIpc) is 2.55. The van der Waals surface area contributed by atoms with Crippen molar-refractivity contribution in [1.29, 1.82) is 0 Å². The second-order valence-corrected chi connectivity index (χ2v) is 9.17. The number of esters is 2. The Balaban J connectivity index is 2.98. The molecule has 1 aromatic carbocycles. The zero-order valence-corrected chi connectivity index (χ0v) is 19.4. The van der Waals surface area contributed by atoms with Crippen molar-refractivity contribution in [3.05, 3.63) is 28.8 Å². The van der Waals surface area contributed by atoms with Crippen molar-refractivity contribution >= 4 is 46.1 Å². The van der Waals surface area contributed by atoms with Crippen LogP contribution < -0.4 is 0 Å². The van der Waals surface area contributed by atoms with Gasteiger partial charge in [0.05, 0.1) is 13.2 Å². The highest BCUT2D eigenvalue weighted by Gasteiger charge is 2.22. The number of aromatic hydroxyl groups is 1. The third kappa shape index (κ3) is 9.45. The summed E-state index contributed by atoms with van der Waals surface area (Å²) >= 11 is 10.9. The van der Waals surface area contributed by atoms with E-state index in [0.717, 1.165) is 21.6 Å². The first kappa shape index (κ1) is 25.2. The monoisotopic (exact) mass is 438 g/mol. The molecular weight excluding hydrogens is 408 g/mol. The van der Waals surface area contributed by atoms with Crippen LogP contribution in [0.25, 0.3) is 0 Å². The van der Waals surface area contributed by atoms with Crippen LogP contribution in [0.2, 0.25) is 0 Å². The molecule has 1 aromatic rings. The van der Waals surface area contributed by atoms with Gasteiger partial charge in [0.25, 0.3) is 0 Å². The summed E-state index contributed by atoms with van der Waals surface area (Å²) in [6.07, 6.45) is 1.94. The highest BCUT2D eigenvalue weighted by Crippen LogP contribution is 2.35. The van der Waals surface area contributed by atoms with E-state index >= 15 is 0 Å². The molecule has 0 saturated carbocycles. The van der Waals surface area contributed by atoms with Gasteiger partial charge in [-0.3, -0.25) is 9.59 Å². The molecule has 160 valence electrons. The normalized spacial score (nSPS) is 11.1. The minimum atomic E-state index is -0.338. The molecule has 0 spiro atoms. The molecule has 0 amide bonds. The lowest BCUT2D eigenvalue weighted by molar-refractivity contribution is -0.141. The number of rotatable bonds is 10. The van der Waals surface area contributed by atoms with E-state index in [0.29, 0.717) is 30.5 Å². The minimum Gasteiger partial charge on any atom is -0.507 e. The number of carbonyl (C=O) groups excluding carboxylic acids is 2. The van der Waals surface area contributed by atoms with Crippen LogP contribution in [-0.4, -0.2) is 40.0 Å². The van der Waals surface area contributed by atoms with Gasteiger partial charge in [-0.25, -0.2) is 0 Å². The predicted octanol–water partition coefficient (Wildman–Crippen LogP) is 4.42. The van der Waals surface area contributed by atoms with Crippen LogP contribution in [0.5, 0.6) is 5.75 Å². The summed E-state index contributed by atoms with van der Waals surface area (Å²) in [5.74, 6) is -0.422. The van der Waals surface area contributed by atoms with E-state index in [2.05, 4.69) is 0 Å². The topological polar surface area (TPSA) is 72.8 Å². The van der Waals surface area contributed by atoms with E-state index in [1.54, 1.807) is 0 Å². The molecular formula is C22H30O5S2. The van der Waals surface area contributed by atoms with Gasteiger partial charge in [0.2, 0.25) is 0 Å². The molecule has 0 aliphatic heterocycles. The molecule has 1 rings (SSSR count). The lowest BCUT2D eigenvalue weighted by Gasteiger charge is -2.24. The maximum absolute atomic E-state index is 10.9. The fraction of sp³-hybridized carbons (Fsp3) is 0.545. The van der Waals surface area contributed by atoms with Crippen molar-refractivity contribution in [3.8, 4) is 5.75 Å². The molecule has 1 N–H and O–H groups in total. The number of benzene rings is 1. The molecule has 0 bridgehead atoms. The first-order valence-corrected chi connectivity index (χ1v) is 10.4. The quantitative estimate of drug-likeness (QED) is 0.428. The molecule has 0 atom stereocenters. The Bertz CT molecular complexity index is 778. The lowest BCUT2D eigenvalue weighted by Crippen LogP contribution is -2.15. The van der Waals surface area contributed by atoms with E-state index in [1.165, 1.54) is 13.8 Å². The van der Waals surface area contributed by atoms with Gasteiger partial charge in [-0.2, -0.15) is 0 Å². The number of phenols is 1. The Hall–Kier alpha value is -1.86. The van der Waals surface area contributed by atoms with Crippen LogP contribution in [0, 0.1) is 0 Å². The van der Waals surface area contributed by atoms with Crippen LogP contribution in [0.4, 0.5) is 0 Å². The maximum Gasteiger partial charge on any atom is 0.302 e. The highest BCUT2D eigenvalue weighted by atomic mass is 32.1. The molecule has 0 fully saturated rings. The highest BCUT2D eigenvalue weighted by molar-refractivity contribution is 7.80. The van der Waals surface area contributed by atoms with Crippen molar-refractivity contribution in [2.75, 3.05) is 13.2 Å². The standard InChI is InChI=1S/C22H30O5S2/c1-14(23)26-8-6-18(28)11-16-10-17(13-19(29)7-9-27-15(2)24)21(25)20(12-16)22(3,4)5/h10,12,25H,6-9,11,13H2,1-5H3. The van der Waals surface area contributed by atoms with Crippen LogP contribution in [-0.2, 0) is 37.3 Å². The summed E-state index contributed by atoms with van der Waals surface area (Å²) in [5.41, 5.74) is 2.30. The van der Waals surface area contributed by atoms with Gasteiger partial charge in [0, 0.05) is 49.3 Å². The SMILES string of the molecule is CC(=O)OCCC(=S)Cc1cc(CC(=S)CCOC(C)=O)c(O)c(C(C)(C)C)c1. The van der Waals surface area contributed by atoms with E-state index in [1.807, 2.05) is 32.9 Å². The third-order valence-corrected chi connectivity index (χ3v) is 4.91. The lowest BCUT2D eigenvalue weighted by atomic mass is 9.83. The zero-order valence-electron chi connectivity index (χ0n) is 17.8. The molecule has 0 heterocycles. The minimum absolute atomic E-state index is 0.237. The number of thiocarbonyl (C=S) groups is 2. The second-order valence-electron chi connectivity index (χ2n) is 8.01. The van der Waals surface area contributed by atoms with Crippen molar-refractivity contribution in [2.24, 2.45) is 0 Å². The molecule has 0 unspecified atom stereocenters. The van der Waals surface area contributed by atoms with Gasteiger partial charge < -0.3 is 14.6 Å². The van der Waals surface area contributed by atoms with Gasteiger partial charge in [0.15, 0.2) is 0 Å². The van der Waals surface area contributed by atoms with Crippen molar-refractivity contribution in [2.45, 2.75) is 65.7 Å². The molecule has 0 aromatic heterocycles. The van der Waals surface area contributed by atoms with E-state index in [9.17, 15) is 14.7 Å². The van der Waals surface area contributed by atoms with Crippen molar-refractivity contribution in [1.82, 2.24) is 0 Å². The number of carbonyl (C=O) groups is 2. The summed E-state index contributed by atoms with van der Waals surface area (Å²) in [7, 11) is 0. The Morgan fingerprint density at radius 1 is 0.931 bits per heavy atom. The Morgan fingerprint density at radius 2 is 1.41 bits per heavy atom. The van der Waals surface area contributed by atoms with Crippen LogP contribution in [0.3, 0.4) is 0 Å². The van der Waals surface area contributed by atoms with Crippen molar-refractivity contribution in [3.63, 3.8) is 0 Å². The van der Waals surface area contributed by atoms with Crippen LogP contribution in [0.1, 0.15) is 64.2 Å². The fourth-order valence-corrected chi connectivity index (χ4v) is 3.29. The summed E-state index contributed by atoms with van der Waals surface area (Å²) in [6.45, 7) is 9.34. The number of hydrogen-bond acceptors (Lipinski definition) is 7. The predicted molar refractivity (Wildman–Crippen MR) is 122 cm³/mol. The zero-order chi connectivity index (χ0) is 22.2. The number of phenolic OH excluding ortho intramolecular Hbond substituents is 1. The van der Waals surface area contributed by atoms with E-state index in [4.69, 9.17) is 33.9 Å². The first-order valence-electron chi connectivity index (χ1n) is 9.55. The van der Waals surface area contributed by atoms with E-state index in [-0.39, 0.29) is 36.3 Å². The Labute approximate surface area is 183 Å². The molecule has 0 aliphatic carbocycles. The smallest absolute Gasteiger partial charge is 0.302 e. The van der Waals surface area contributed by atoms with Gasteiger partial charge in [-0.1, -0.05) is 57.3 Å². The van der Waals surface area contributed by atoms with Gasteiger partial charge in [-0.15, -0.1) is 0 Å². The number of ether oxygens (including phenoxy) is 2. The molecule has 7 heteroatoms. The first-order chi connectivity index (χ1) is 13.4. The Morgan fingerprint density at radius 3 is 1.86 bits per heavy atom. The molecule has 5 nitrogen and oxygen atoms in total. The average molecular weight is 439 g/mol. The van der Waals surface area contributed by atoms with Crippen molar-refractivity contribution < 1.29 is 24.2 Å². The maximum atomic E-state index is 10.9. The van der Waals surface area contributed by atoms with E-state index < -0.39 is 0 Å². The van der Waals surface area contributed by atoms with Crippen LogP contribution in [0.15, 0.2) is 12.1 Å². The van der Waals surface area contributed by atoms with Gasteiger partial charge >= 0.3 is 11.9 Å². The fourth-order valence-electron chi connectivity index (χ4n) is 2.80. The summed E-state index contributed by atoms with van der Waals surface area (Å²) < 4.78 is 9.91. The summed E-state index contributed by atoms with van der Waals surface area (Å²) in [5, 5.41) is 10.8. The molecule has 0 aliphatic rings. The largest absolute Gasteiger partial charge is 0.507 e. The molecule has 29 heavy (non-hydrogen) atoms. The third-order valence-electron chi connectivity index (χ3n) is 4.22. The molecule has 0 radical (unpaired) electrons. The van der Waals surface area contributed by atoms with Gasteiger partial charge in [-0.05, 0) is 22.1 Å². The summed E-state index contributed by atoms with van der Waals surface area (Å²) in [4.78, 5) is 23.3. The number of hydrogen-bond donors (Lipinski definition) is 1. The Kier molecular flexibility index (Phi) is 9.86.